The number of benzene rings is 2. The third kappa shape index (κ3) is 5.14. The predicted octanol–water partition coefficient (Wildman–Crippen LogP) is 3.97. The van der Waals surface area contributed by atoms with Crippen LogP contribution in [0.5, 0.6) is 11.5 Å². The number of carbonyl (C=O) groups excluding carboxylic acids is 1. The van der Waals surface area contributed by atoms with Crippen LogP contribution in [0.1, 0.15) is 48.4 Å². The van der Waals surface area contributed by atoms with Crippen molar-refractivity contribution in [2.75, 3.05) is 23.8 Å². The molecule has 37 heavy (non-hydrogen) atoms. The van der Waals surface area contributed by atoms with Crippen LogP contribution in [0.4, 0.5) is 11.8 Å². The Labute approximate surface area is 214 Å². The van der Waals surface area contributed by atoms with Gasteiger partial charge in [0, 0.05) is 18.9 Å². The van der Waals surface area contributed by atoms with Gasteiger partial charge in [-0.3, -0.25) is 14.6 Å². The van der Waals surface area contributed by atoms with E-state index in [1.165, 1.54) is 0 Å². The molecule has 0 aliphatic carbocycles. The van der Waals surface area contributed by atoms with Gasteiger partial charge >= 0.3 is 0 Å². The number of nitrogens with one attached hydrogen (secondary N) is 3. The molecule has 2 atom stereocenters. The Morgan fingerprint density at radius 3 is 2.54 bits per heavy atom. The average Bonchev–Trinajstić information content (AvgIpc) is 3.12. The lowest BCUT2D eigenvalue weighted by Gasteiger charge is -2.28. The van der Waals surface area contributed by atoms with Crippen LogP contribution >= 0.6 is 0 Å². The smallest absolute Gasteiger partial charge is 0.258 e. The number of fused-ring (bicyclic) bond motifs is 2. The summed E-state index contributed by atoms with van der Waals surface area (Å²) in [5.41, 5.74) is 2.69. The quantitative estimate of drug-likeness (QED) is 0.468. The Morgan fingerprint density at radius 2 is 1.81 bits per heavy atom. The van der Waals surface area contributed by atoms with E-state index in [9.17, 15) is 14.9 Å². The molecule has 190 valence electrons. The predicted molar refractivity (Wildman–Crippen MR) is 139 cm³/mol. The second-order valence-electron chi connectivity index (χ2n) is 9.78. The molecule has 0 radical (unpaired) electrons. The third-order valence-corrected chi connectivity index (χ3v) is 6.52. The largest absolute Gasteiger partial charge is 0.490 e. The number of H-pyrrole nitrogens is 1. The molecule has 9 heteroatoms. The van der Waals surface area contributed by atoms with Gasteiger partial charge in [-0.2, -0.15) is 10.2 Å². The first-order chi connectivity index (χ1) is 17.9. The second kappa shape index (κ2) is 10.3. The number of rotatable bonds is 6. The molecule has 3 heterocycles. The number of nitriles is 1. The number of hydrogen-bond donors (Lipinski definition) is 3. The standard InChI is InChI=1S/C28H29N5O4/c1-16(2)12-17-4-7-19(8-5-17)23-20(14-29)26(34)31-25-24(23)27(35)33-28(32-25)30-15-18-6-9-21-22(13-18)37-11-3-10-36-21/h4-9,13,16,20,23H,3,10-12,15H2,1-2H3,(H3,30,31,32,33,34,35). The topological polar surface area (TPSA) is 129 Å². The fraction of sp³-hybridized carbons (Fsp3) is 0.357. The van der Waals surface area contributed by atoms with Crippen molar-refractivity contribution in [2.45, 2.75) is 39.2 Å². The van der Waals surface area contributed by atoms with Crippen LogP contribution in [0.15, 0.2) is 47.3 Å². The molecule has 2 aromatic carbocycles. The summed E-state index contributed by atoms with van der Waals surface area (Å²) in [6.07, 6.45) is 1.74. The second-order valence-corrected chi connectivity index (χ2v) is 9.78. The lowest BCUT2D eigenvalue weighted by atomic mass is 9.79. The van der Waals surface area contributed by atoms with E-state index in [0.717, 1.165) is 29.5 Å². The number of aromatic amines is 1. The van der Waals surface area contributed by atoms with Crippen LogP contribution in [0.3, 0.4) is 0 Å². The number of anilines is 2. The Morgan fingerprint density at radius 1 is 1.08 bits per heavy atom. The highest BCUT2D eigenvalue weighted by atomic mass is 16.5. The molecule has 1 aromatic heterocycles. The van der Waals surface area contributed by atoms with Gasteiger partial charge in [0.15, 0.2) is 11.5 Å². The van der Waals surface area contributed by atoms with E-state index in [-0.39, 0.29) is 17.3 Å². The van der Waals surface area contributed by atoms with Crippen LogP contribution in [-0.2, 0) is 17.8 Å². The molecule has 9 nitrogen and oxygen atoms in total. The van der Waals surface area contributed by atoms with Crippen LogP contribution in [-0.4, -0.2) is 29.1 Å². The Balaban J connectivity index is 1.42. The Hall–Kier alpha value is -4.32. The molecule has 2 unspecified atom stereocenters. The minimum absolute atomic E-state index is 0.165. The van der Waals surface area contributed by atoms with Gasteiger partial charge in [-0.15, -0.1) is 0 Å². The van der Waals surface area contributed by atoms with Crippen molar-refractivity contribution < 1.29 is 14.3 Å². The first kappa shape index (κ1) is 24.4. The van der Waals surface area contributed by atoms with Gasteiger partial charge in [-0.1, -0.05) is 44.2 Å². The van der Waals surface area contributed by atoms with Gasteiger partial charge in [0.25, 0.3) is 5.56 Å². The van der Waals surface area contributed by atoms with E-state index in [1.54, 1.807) is 0 Å². The number of ether oxygens (including phenoxy) is 2. The fourth-order valence-corrected chi connectivity index (χ4v) is 4.79. The van der Waals surface area contributed by atoms with Crippen molar-refractivity contribution in [1.29, 1.82) is 5.26 Å². The highest BCUT2D eigenvalue weighted by Gasteiger charge is 2.40. The van der Waals surface area contributed by atoms with Crippen molar-refractivity contribution >= 4 is 17.7 Å². The van der Waals surface area contributed by atoms with Crippen molar-refractivity contribution in [3.8, 4) is 17.6 Å². The zero-order valence-corrected chi connectivity index (χ0v) is 20.8. The zero-order valence-electron chi connectivity index (χ0n) is 20.8. The van der Waals surface area contributed by atoms with Gasteiger partial charge in [-0.25, -0.2) is 0 Å². The summed E-state index contributed by atoms with van der Waals surface area (Å²) in [7, 11) is 0. The molecule has 2 aliphatic heterocycles. The first-order valence-electron chi connectivity index (χ1n) is 12.5. The Kier molecular flexibility index (Phi) is 6.82. The van der Waals surface area contributed by atoms with Gasteiger partial charge in [0.1, 0.15) is 11.7 Å². The number of amides is 1. The SMILES string of the molecule is CC(C)Cc1ccc(C2c3c(nc(NCc4ccc5c(c4)OCCCO5)[nH]c3=O)NC(=O)C2C#N)cc1. The zero-order chi connectivity index (χ0) is 25.9. The fourth-order valence-electron chi connectivity index (χ4n) is 4.79. The molecule has 0 saturated carbocycles. The molecule has 0 fully saturated rings. The number of nitrogens with zero attached hydrogens (tertiary/aromatic N) is 2. The lowest BCUT2D eigenvalue weighted by molar-refractivity contribution is -0.119. The molecular formula is C28H29N5O4. The maximum Gasteiger partial charge on any atom is 0.258 e. The van der Waals surface area contributed by atoms with Crippen molar-refractivity contribution in [1.82, 2.24) is 9.97 Å². The number of aromatic nitrogens is 2. The van der Waals surface area contributed by atoms with Crippen molar-refractivity contribution in [3.63, 3.8) is 0 Å². The van der Waals surface area contributed by atoms with Crippen LogP contribution < -0.4 is 25.7 Å². The van der Waals surface area contributed by atoms with E-state index < -0.39 is 23.3 Å². The summed E-state index contributed by atoms with van der Waals surface area (Å²) < 4.78 is 11.4. The molecule has 3 aromatic rings. The summed E-state index contributed by atoms with van der Waals surface area (Å²) in [6, 6.07) is 15.5. The summed E-state index contributed by atoms with van der Waals surface area (Å²) in [5, 5.41) is 15.5. The van der Waals surface area contributed by atoms with Crippen LogP contribution in [0, 0.1) is 23.2 Å². The molecule has 0 saturated heterocycles. The van der Waals surface area contributed by atoms with Crippen LogP contribution in [0.25, 0.3) is 0 Å². The molecule has 0 spiro atoms. The average molecular weight is 500 g/mol. The van der Waals surface area contributed by atoms with Gasteiger partial charge in [0.05, 0.1) is 24.8 Å². The Bertz CT molecular complexity index is 1410. The molecule has 0 bridgehead atoms. The number of hydrogen-bond acceptors (Lipinski definition) is 7. The van der Waals surface area contributed by atoms with Gasteiger partial charge in [0.2, 0.25) is 11.9 Å². The van der Waals surface area contributed by atoms with Crippen molar-refractivity contribution in [2.24, 2.45) is 11.8 Å². The molecule has 3 N–H and O–H groups in total. The minimum atomic E-state index is -1.04. The van der Waals surface area contributed by atoms with E-state index >= 15 is 0 Å². The van der Waals surface area contributed by atoms with Gasteiger partial charge < -0.3 is 20.1 Å². The summed E-state index contributed by atoms with van der Waals surface area (Å²) >= 11 is 0. The maximum absolute atomic E-state index is 13.3. The van der Waals surface area contributed by atoms with E-state index in [0.29, 0.717) is 37.2 Å². The van der Waals surface area contributed by atoms with E-state index in [1.807, 2.05) is 42.5 Å². The van der Waals surface area contributed by atoms with Gasteiger partial charge in [-0.05, 0) is 41.2 Å². The monoisotopic (exact) mass is 499 g/mol. The maximum atomic E-state index is 13.3. The molecule has 2 aliphatic rings. The molecule has 1 amide bonds. The minimum Gasteiger partial charge on any atom is -0.490 e. The molecule has 5 rings (SSSR count). The third-order valence-electron chi connectivity index (χ3n) is 6.52. The number of carbonyl (C=O) groups is 1. The molecular weight excluding hydrogens is 470 g/mol. The summed E-state index contributed by atoms with van der Waals surface area (Å²) in [4.78, 5) is 33.3. The normalized spacial score (nSPS) is 18.4. The lowest BCUT2D eigenvalue weighted by Crippen LogP contribution is -2.38. The highest BCUT2D eigenvalue weighted by molar-refractivity contribution is 5.97. The van der Waals surface area contributed by atoms with E-state index in [4.69, 9.17) is 9.47 Å². The van der Waals surface area contributed by atoms with Crippen molar-refractivity contribution in [3.05, 3.63) is 75.1 Å². The van der Waals surface area contributed by atoms with E-state index in [2.05, 4.69) is 40.5 Å². The summed E-state index contributed by atoms with van der Waals surface area (Å²) in [5.74, 6) is 0.0539. The summed E-state index contributed by atoms with van der Waals surface area (Å²) in [6.45, 7) is 5.87. The van der Waals surface area contributed by atoms with Crippen LogP contribution in [0.2, 0.25) is 0 Å². The highest BCUT2D eigenvalue weighted by Crippen LogP contribution is 2.38. The first-order valence-corrected chi connectivity index (χ1v) is 12.5.